The summed E-state index contributed by atoms with van der Waals surface area (Å²) in [6, 6.07) is 5.57. The lowest BCUT2D eigenvalue weighted by molar-refractivity contribution is -0.137. The van der Waals surface area contributed by atoms with E-state index in [1.54, 1.807) is 6.07 Å². The van der Waals surface area contributed by atoms with E-state index in [2.05, 4.69) is 4.74 Å². The molecular formula is C11H10O3. The Morgan fingerprint density at radius 1 is 1.21 bits per heavy atom. The highest BCUT2D eigenvalue weighted by Crippen LogP contribution is 2.18. The van der Waals surface area contributed by atoms with Gasteiger partial charge in [0.1, 0.15) is 0 Å². The number of hydrogen-bond donors (Lipinski definition) is 0. The van der Waals surface area contributed by atoms with Gasteiger partial charge in [-0.15, -0.1) is 0 Å². The highest BCUT2D eigenvalue weighted by atomic mass is 16.6. The predicted octanol–water partition coefficient (Wildman–Crippen LogP) is 1.62. The first kappa shape index (κ1) is 8.94. The van der Waals surface area contributed by atoms with E-state index in [-0.39, 0.29) is 6.42 Å². The molecule has 1 heterocycles. The van der Waals surface area contributed by atoms with Crippen molar-refractivity contribution in [3.8, 4) is 0 Å². The summed E-state index contributed by atoms with van der Waals surface area (Å²) in [5, 5.41) is 0. The Morgan fingerprint density at radius 2 is 2.00 bits per heavy atom. The number of esters is 2. The van der Waals surface area contributed by atoms with Crippen LogP contribution < -0.4 is 0 Å². The van der Waals surface area contributed by atoms with Gasteiger partial charge in [-0.3, -0.25) is 4.79 Å². The van der Waals surface area contributed by atoms with Crippen molar-refractivity contribution in [2.24, 2.45) is 0 Å². The second-order valence-electron chi connectivity index (χ2n) is 3.42. The molecule has 0 N–H and O–H groups in total. The molecule has 0 amide bonds. The highest BCUT2D eigenvalue weighted by molar-refractivity contribution is 5.99. The van der Waals surface area contributed by atoms with Gasteiger partial charge in [0.2, 0.25) is 0 Å². The third-order valence-electron chi connectivity index (χ3n) is 2.29. The molecular weight excluding hydrogens is 180 g/mol. The number of carbonyl (C=O) groups excluding carboxylic acids is 2. The van der Waals surface area contributed by atoms with Crippen LogP contribution in [0.15, 0.2) is 18.2 Å². The van der Waals surface area contributed by atoms with Gasteiger partial charge in [-0.1, -0.05) is 17.7 Å². The van der Waals surface area contributed by atoms with Crippen molar-refractivity contribution in [3.05, 3.63) is 34.9 Å². The zero-order chi connectivity index (χ0) is 10.1. The topological polar surface area (TPSA) is 43.4 Å². The van der Waals surface area contributed by atoms with E-state index in [9.17, 15) is 9.59 Å². The summed E-state index contributed by atoms with van der Waals surface area (Å²) in [6.07, 6.45) is 0.863. The van der Waals surface area contributed by atoms with Crippen LogP contribution in [0.4, 0.5) is 0 Å². The summed E-state index contributed by atoms with van der Waals surface area (Å²) in [7, 11) is 0. The predicted molar refractivity (Wildman–Crippen MR) is 49.9 cm³/mol. The number of fused-ring (bicyclic) bond motifs is 1. The Bertz CT molecular complexity index is 407. The Morgan fingerprint density at radius 3 is 2.79 bits per heavy atom. The molecule has 0 fully saturated rings. The first-order valence-corrected chi connectivity index (χ1v) is 4.51. The minimum Gasteiger partial charge on any atom is -0.389 e. The molecule has 0 aliphatic carbocycles. The monoisotopic (exact) mass is 190 g/mol. The summed E-state index contributed by atoms with van der Waals surface area (Å²) < 4.78 is 4.61. The number of benzene rings is 1. The Balaban J connectivity index is 2.49. The molecule has 3 nitrogen and oxygen atoms in total. The van der Waals surface area contributed by atoms with Crippen LogP contribution in [-0.4, -0.2) is 11.9 Å². The van der Waals surface area contributed by atoms with Crippen LogP contribution in [-0.2, 0) is 16.0 Å². The lowest BCUT2D eigenvalue weighted by atomic mass is 10.0. The van der Waals surface area contributed by atoms with Crippen LogP contribution in [0.1, 0.15) is 27.9 Å². The van der Waals surface area contributed by atoms with Crippen LogP contribution in [0.3, 0.4) is 0 Å². The van der Waals surface area contributed by atoms with Gasteiger partial charge in [0.15, 0.2) is 0 Å². The van der Waals surface area contributed by atoms with Crippen molar-refractivity contribution in [3.63, 3.8) is 0 Å². The molecule has 1 aliphatic heterocycles. The molecule has 14 heavy (non-hydrogen) atoms. The molecule has 0 saturated carbocycles. The molecule has 2 rings (SSSR count). The lowest BCUT2D eigenvalue weighted by Gasteiger charge is -2.02. The fourth-order valence-electron chi connectivity index (χ4n) is 1.54. The molecule has 72 valence electrons. The molecule has 0 bridgehead atoms. The fourth-order valence-corrected chi connectivity index (χ4v) is 1.54. The minimum atomic E-state index is -0.522. The average molecular weight is 190 g/mol. The van der Waals surface area contributed by atoms with Crippen molar-refractivity contribution in [2.75, 3.05) is 0 Å². The smallest absolute Gasteiger partial charge is 0.346 e. The molecule has 1 aliphatic rings. The second-order valence-corrected chi connectivity index (χ2v) is 3.42. The first-order valence-electron chi connectivity index (χ1n) is 4.51. The summed E-state index contributed by atoms with van der Waals surface area (Å²) in [5.74, 6) is -0.963. The number of carbonyl (C=O) groups is 2. The van der Waals surface area contributed by atoms with Gasteiger partial charge in [-0.2, -0.15) is 0 Å². The standard InChI is InChI=1S/C11H10O3/c1-7-2-3-8-4-5-10(12)14-11(13)9(8)6-7/h2-3,6H,4-5H2,1H3. The quantitative estimate of drug-likeness (QED) is 0.461. The van der Waals surface area contributed by atoms with Crippen LogP contribution in [0, 0.1) is 6.92 Å². The number of ether oxygens (including phenoxy) is 1. The van der Waals surface area contributed by atoms with Gasteiger partial charge in [0.05, 0.1) is 12.0 Å². The summed E-state index contributed by atoms with van der Waals surface area (Å²) >= 11 is 0. The summed E-state index contributed by atoms with van der Waals surface area (Å²) in [4.78, 5) is 22.4. The number of aryl methyl sites for hydroxylation is 2. The molecule has 0 spiro atoms. The van der Waals surface area contributed by atoms with Crippen molar-refractivity contribution in [1.29, 1.82) is 0 Å². The van der Waals surface area contributed by atoms with E-state index in [0.29, 0.717) is 12.0 Å². The van der Waals surface area contributed by atoms with Crippen LogP contribution >= 0.6 is 0 Å². The second kappa shape index (κ2) is 3.25. The summed E-state index contributed by atoms with van der Waals surface area (Å²) in [6.45, 7) is 1.90. The molecule has 0 aromatic heterocycles. The van der Waals surface area contributed by atoms with E-state index >= 15 is 0 Å². The minimum absolute atomic E-state index is 0.280. The van der Waals surface area contributed by atoms with Crippen LogP contribution in [0.25, 0.3) is 0 Å². The Kier molecular flexibility index (Phi) is 2.08. The van der Waals surface area contributed by atoms with E-state index in [0.717, 1.165) is 11.1 Å². The van der Waals surface area contributed by atoms with Crippen molar-refractivity contribution in [2.45, 2.75) is 19.8 Å². The lowest BCUT2D eigenvalue weighted by Crippen LogP contribution is -2.09. The maximum absolute atomic E-state index is 11.4. The van der Waals surface area contributed by atoms with Gasteiger partial charge >= 0.3 is 11.9 Å². The Labute approximate surface area is 81.7 Å². The molecule has 1 aromatic rings. The van der Waals surface area contributed by atoms with Gasteiger partial charge in [0, 0.05) is 0 Å². The first-order chi connectivity index (χ1) is 6.66. The van der Waals surface area contributed by atoms with Gasteiger partial charge < -0.3 is 4.74 Å². The third kappa shape index (κ3) is 1.53. The summed E-state index contributed by atoms with van der Waals surface area (Å²) in [5.41, 5.74) is 2.41. The van der Waals surface area contributed by atoms with E-state index in [1.807, 2.05) is 19.1 Å². The largest absolute Gasteiger partial charge is 0.389 e. The molecule has 0 atom stereocenters. The van der Waals surface area contributed by atoms with Crippen LogP contribution in [0.5, 0.6) is 0 Å². The maximum atomic E-state index is 11.4. The number of cyclic esters (lactones) is 2. The van der Waals surface area contributed by atoms with Gasteiger partial charge in [0.25, 0.3) is 0 Å². The van der Waals surface area contributed by atoms with Crippen molar-refractivity contribution in [1.82, 2.24) is 0 Å². The Hall–Kier alpha value is -1.64. The van der Waals surface area contributed by atoms with Gasteiger partial charge in [-0.25, -0.2) is 4.79 Å². The molecule has 0 radical (unpaired) electrons. The van der Waals surface area contributed by atoms with Crippen LogP contribution in [0.2, 0.25) is 0 Å². The zero-order valence-electron chi connectivity index (χ0n) is 7.87. The van der Waals surface area contributed by atoms with Gasteiger partial charge in [-0.05, 0) is 25.0 Å². The SMILES string of the molecule is Cc1ccc2c(c1)C(=O)OC(=O)CC2. The molecule has 3 heteroatoms. The molecule has 1 aromatic carbocycles. The fraction of sp³-hybridized carbons (Fsp3) is 0.273. The average Bonchev–Trinajstić information content (AvgIpc) is 2.27. The van der Waals surface area contributed by atoms with Crippen molar-refractivity contribution >= 4 is 11.9 Å². The zero-order valence-corrected chi connectivity index (χ0v) is 7.87. The molecule has 0 saturated heterocycles. The van der Waals surface area contributed by atoms with Crippen molar-refractivity contribution < 1.29 is 14.3 Å². The van der Waals surface area contributed by atoms with E-state index in [1.165, 1.54) is 0 Å². The van der Waals surface area contributed by atoms with E-state index in [4.69, 9.17) is 0 Å². The van der Waals surface area contributed by atoms with E-state index < -0.39 is 11.9 Å². The normalized spacial score (nSPS) is 15.8. The number of rotatable bonds is 0. The third-order valence-corrected chi connectivity index (χ3v) is 2.29. The molecule has 0 unspecified atom stereocenters. The maximum Gasteiger partial charge on any atom is 0.346 e. The highest BCUT2D eigenvalue weighted by Gasteiger charge is 2.21. The number of hydrogen-bond acceptors (Lipinski definition) is 3.